The van der Waals surface area contributed by atoms with E-state index in [9.17, 15) is 4.79 Å². The summed E-state index contributed by atoms with van der Waals surface area (Å²) in [5.41, 5.74) is 2.97. The Balaban J connectivity index is 1.27. The van der Waals surface area contributed by atoms with Crippen LogP contribution >= 0.6 is 11.3 Å². The number of hydrogen-bond donors (Lipinski definition) is 0. The maximum absolute atomic E-state index is 12.2. The first kappa shape index (κ1) is 16.6. The highest BCUT2D eigenvalue weighted by Crippen LogP contribution is 2.35. The molecule has 138 valence electrons. The van der Waals surface area contributed by atoms with Gasteiger partial charge < -0.3 is 4.90 Å². The van der Waals surface area contributed by atoms with Gasteiger partial charge in [0, 0.05) is 47.9 Å². The Hall–Kier alpha value is -2.54. The largest absolute Gasteiger partial charge is 0.347 e. The van der Waals surface area contributed by atoms with Gasteiger partial charge in [0.05, 0.1) is 17.9 Å². The minimum atomic E-state index is -0.0502. The molecule has 0 aromatic carbocycles. The van der Waals surface area contributed by atoms with Crippen LogP contribution in [0, 0.1) is 5.92 Å². The van der Waals surface area contributed by atoms with Gasteiger partial charge in [0.1, 0.15) is 0 Å². The molecule has 3 aromatic rings. The predicted molar refractivity (Wildman–Crippen MR) is 106 cm³/mol. The summed E-state index contributed by atoms with van der Waals surface area (Å²) in [6, 6.07) is 7.20. The minimum absolute atomic E-state index is 0.0502. The molecule has 0 bridgehead atoms. The molecule has 0 N–H and O–H groups in total. The molecule has 0 radical (unpaired) electrons. The van der Waals surface area contributed by atoms with Crippen LogP contribution in [-0.4, -0.2) is 32.8 Å². The fourth-order valence-electron chi connectivity index (χ4n) is 3.81. The van der Waals surface area contributed by atoms with Gasteiger partial charge >= 0.3 is 0 Å². The van der Waals surface area contributed by atoms with E-state index in [1.807, 2.05) is 23.5 Å². The first-order valence-corrected chi connectivity index (χ1v) is 10.3. The van der Waals surface area contributed by atoms with Gasteiger partial charge in [-0.05, 0) is 43.9 Å². The fraction of sp³-hybridized carbons (Fsp3) is 0.400. The molecule has 3 aromatic heterocycles. The van der Waals surface area contributed by atoms with Crippen molar-refractivity contribution in [1.82, 2.24) is 19.7 Å². The monoisotopic (exact) mass is 379 g/mol. The third kappa shape index (κ3) is 3.27. The molecule has 27 heavy (non-hydrogen) atoms. The molecule has 0 spiro atoms. The fourth-order valence-corrected chi connectivity index (χ4v) is 4.97. The zero-order valence-corrected chi connectivity index (χ0v) is 15.9. The third-order valence-corrected chi connectivity index (χ3v) is 6.54. The SMILES string of the molecule is O=c1ccc(-c2cccnc2)nn1CC1CN(c2nc3c(s2)CCCC3)C1. The summed E-state index contributed by atoms with van der Waals surface area (Å²) in [6.07, 6.45) is 8.37. The van der Waals surface area contributed by atoms with E-state index in [0.29, 0.717) is 12.5 Å². The van der Waals surface area contributed by atoms with Gasteiger partial charge in [-0.25, -0.2) is 9.67 Å². The first-order valence-electron chi connectivity index (χ1n) is 9.48. The summed E-state index contributed by atoms with van der Waals surface area (Å²) in [4.78, 5) is 25.0. The lowest BCUT2D eigenvalue weighted by Gasteiger charge is -2.39. The second kappa shape index (κ2) is 6.88. The number of pyridine rings is 1. The van der Waals surface area contributed by atoms with Gasteiger partial charge in [-0.1, -0.05) is 0 Å². The van der Waals surface area contributed by atoms with Crippen LogP contribution in [-0.2, 0) is 19.4 Å². The molecule has 1 fully saturated rings. The lowest BCUT2D eigenvalue weighted by Crippen LogP contribution is -2.49. The standard InChI is InChI=1S/C20H21N5OS/c26-19-8-7-16(15-4-3-9-21-10-15)23-25(19)13-14-11-24(12-14)20-22-17-5-1-2-6-18(17)27-20/h3-4,7-10,14H,1-2,5-6,11-13H2. The second-order valence-corrected chi connectivity index (χ2v) is 8.39. The molecule has 4 heterocycles. The number of fused-ring (bicyclic) bond motifs is 1. The number of aryl methyl sites for hydroxylation is 2. The van der Waals surface area contributed by atoms with Crippen molar-refractivity contribution in [2.45, 2.75) is 32.2 Å². The molecular weight excluding hydrogens is 358 g/mol. The van der Waals surface area contributed by atoms with Crippen molar-refractivity contribution < 1.29 is 0 Å². The molecule has 1 aliphatic heterocycles. The van der Waals surface area contributed by atoms with E-state index in [1.54, 1.807) is 29.2 Å². The van der Waals surface area contributed by atoms with Gasteiger partial charge in [0.25, 0.3) is 5.56 Å². The van der Waals surface area contributed by atoms with Crippen LogP contribution in [0.3, 0.4) is 0 Å². The Kier molecular flexibility index (Phi) is 4.24. The highest BCUT2D eigenvalue weighted by Gasteiger charge is 2.31. The van der Waals surface area contributed by atoms with E-state index in [1.165, 1.54) is 29.8 Å². The van der Waals surface area contributed by atoms with Crippen LogP contribution in [0.2, 0.25) is 0 Å². The summed E-state index contributed by atoms with van der Waals surface area (Å²) in [5.74, 6) is 0.431. The molecule has 2 aliphatic rings. The van der Waals surface area contributed by atoms with Gasteiger partial charge in [0.2, 0.25) is 0 Å². The highest BCUT2D eigenvalue weighted by molar-refractivity contribution is 7.15. The van der Waals surface area contributed by atoms with E-state index in [2.05, 4.69) is 15.0 Å². The smallest absolute Gasteiger partial charge is 0.266 e. The van der Waals surface area contributed by atoms with Crippen molar-refractivity contribution in [3.63, 3.8) is 0 Å². The first-order chi connectivity index (χ1) is 13.3. The Morgan fingerprint density at radius 3 is 2.85 bits per heavy atom. The van der Waals surface area contributed by atoms with Crippen LogP contribution in [0.1, 0.15) is 23.4 Å². The Labute approximate surface area is 161 Å². The molecular formula is C20H21N5OS. The average molecular weight is 379 g/mol. The van der Waals surface area contributed by atoms with Crippen molar-refractivity contribution in [3.8, 4) is 11.3 Å². The summed E-state index contributed by atoms with van der Waals surface area (Å²) in [7, 11) is 0. The quantitative estimate of drug-likeness (QED) is 0.697. The maximum atomic E-state index is 12.2. The average Bonchev–Trinajstić information content (AvgIpc) is 3.10. The van der Waals surface area contributed by atoms with Crippen LogP contribution in [0.4, 0.5) is 5.13 Å². The number of thiazole rings is 1. The Bertz CT molecular complexity index is 983. The normalized spacial score (nSPS) is 16.8. The Morgan fingerprint density at radius 2 is 2.04 bits per heavy atom. The molecule has 1 saturated heterocycles. The van der Waals surface area contributed by atoms with E-state index in [0.717, 1.165) is 35.9 Å². The van der Waals surface area contributed by atoms with Crippen molar-refractivity contribution >= 4 is 16.5 Å². The zero-order valence-electron chi connectivity index (χ0n) is 15.0. The van der Waals surface area contributed by atoms with Crippen LogP contribution in [0.5, 0.6) is 0 Å². The van der Waals surface area contributed by atoms with Crippen LogP contribution in [0.15, 0.2) is 41.5 Å². The number of nitrogens with zero attached hydrogens (tertiary/aromatic N) is 5. The second-order valence-electron chi connectivity index (χ2n) is 7.33. The number of rotatable bonds is 4. The minimum Gasteiger partial charge on any atom is -0.347 e. The van der Waals surface area contributed by atoms with E-state index in [4.69, 9.17) is 4.98 Å². The number of anilines is 1. The topological polar surface area (TPSA) is 63.9 Å². The summed E-state index contributed by atoms with van der Waals surface area (Å²) < 4.78 is 1.59. The number of hydrogen-bond acceptors (Lipinski definition) is 6. The summed E-state index contributed by atoms with van der Waals surface area (Å²) in [6.45, 7) is 2.53. The van der Waals surface area contributed by atoms with Crippen molar-refractivity contribution in [3.05, 3.63) is 57.6 Å². The molecule has 1 aliphatic carbocycles. The molecule has 0 saturated carbocycles. The lowest BCUT2D eigenvalue weighted by molar-refractivity contribution is 0.335. The molecule has 6 nitrogen and oxygen atoms in total. The Morgan fingerprint density at radius 1 is 1.15 bits per heavy atom. The van der Waals surface area contributed by atoms with Gasteiger partial charge in [-0.15, -0.1) is 11.3 Å². The van der Waals surface area contributed by atoms with Crippen molar-refractivity contribution in [2.75, 3.05) is 18.0 Å². The molecule has 7 heteroatoms. The van der Waals surface area contributed by atoms with Crippen molar-refractivity contribution in [2.24, 2.45) is 5.92 Å². The van der Waals surface area contributed by atoms with E-state index >= 15 is 0 Å². The summed E-state index contributed by atoms with van der Waals surface area (Å²) >= 11 is 1.85. The zero-order chi connectivity index (χ0) is 18.2. The van der Waals surface area contributed by atoms with Gasteiger partial charge in [-0.2, -0.15) is 5.10 Å². The van der Waals surface area contributed by atoms with Crippen LogP contribution in [0.25, 0.3) is 11.3 Å². The van der Waals surface area contributed by atoms with Gasteiger partial charge in [-0.3, -0.25) is 9.78 Å². The summed E-state index contributed by atoms with van der Waals surface area (Å²) in [5, 5.41) is 5.70. The van der Waals surface area contributed by atoms with E-state index in [-0.39, 0.29) is 5.56 Å². The third-order valence-electron chi connectivity index (χ3n) is 5.32. The van der Waals surface area contributed by atoms with Gasteiger partial charge in [0.15, 0.2) is 5.13 Å². The molecule has 0 atom stereocenters. The number of aromatic nitrogens is 4. The van der Waals surface area contributed by atoms with Crippen LogP contribution < -0.4 is 10.5 Å². The predicted octanol–water partition coefficient (Wildman–Crippen LogP) is 2.78. The molecule has 0 unspecified atom stereocenters. The molecule has 5 rings (SSSR count). The highest BCUT2D eigenvalue weighted by atomic mass is 32.1. The lowest BCUT2D eigenvalue weighted by atomic mass is 10.0. The molecule has 0 amide bonds. The van der Waals surface area contributed by atoms with E-state index < -0.39 is 0 Å². The maximum Gasteiger partial charge on any atom is 0.266 e. The van der Waals surface area contributed by atoms with Crippen molar-refractivity contribution in [1.29, 1.82) is 0 Å².